The van der Waals surface area contributed by atoms with Crippen LogP contribution in [0.25, 0.3) is 0 Å². The van der Waals surface area contributed by atoms with Gasteiger partial charge in [-0.25, -0.2) is 9.97 Å². The van der Waals surface area contributed by atoms with Gasteiger partial charge in [0, 0.05) is 13.0 Å². The first-order valence-corrected chi connectivity index (χ1v) is 9.40. The third kappa shape index (κ3) is 3.08. The van der Waals surface area contributed by atoms with E-state index in [1.165, 1.54) is 44.9 Å². The fourth-order valence-corrected chi connectivity index (χ4v) is 4.61. The number of halogens is 2. The van der Waals surface area contributed by atoms with Gasteiger partial charge in [0.2, 0.25) is 0 Å². The normalized spacial score (nSPS) is 22.6. The average Bonchev–Trinajstić information content (AvgIpc) is 3.04. The lowest BCUT2D eigenvalue weighted by atomic mass is 9.83. The largest absolute Gasteiger partial charge is 0.370 e. The van der Waals surface area contributed by atoms with Gasteiger partial charge in [0.15, 0.2) is 5.82 Å². The zero-order valence-corrected chi connectivity index (χ0v) is 15.4. The van der Waals surface area contributed by atoms with Crippen molar-refractivity contribution in [2.24, 2.45) is 0 Å². The van der Waals surface area contributed by atoms with E-state index in [4.69, 9.17) is 21.3 Å². The second-order valence-electron chi connectivity index (χ2n) is 6.28. The molecule has 21 heavy (non-hydrogen) atoms. The van der Waals surface area contributed by atoms with E-state index in [-0.39, 0.29) is 5.60 Å². The smallest absolute Gasteiger partial charge is 0.162 e. The average molecular weight is 421 g/mol. The molecule has 0 radical (unpaired) electrons. The quantitative estimate of drug-likeness (QED) is 0.498. The predicted molar refractivity (Wildman–Crippen MR) is 92.7 cm³/mol. The van der Waals surface area contributed by atoms with Crippen molar-refractivity contribution in [3.8, 4) is 0 Å². The van der Waals surface area contributed by atoms with Gasteiger partial charge >= 0.3 is 0 Å². The van der Waals surface area contributed by atoms with E-state index < -0.39 is 0 Å². The second-order valence-corrected chi connectivity index (χ2v) is 7.71. The summed E-state index contributed by atoms with van der Waals surface area (Å²) in [4.78, 5) is 9.55. The molecule has 2 aliphatic carbocycles. The van der Waals surface area contributed by atoms with E-state index in [0.717, 1.165) is 27.9 Å². The first-order valence-electron chi connectivity index (χ1n) is 7.95. The molecule has 0 amide bonds. The van der Waals surface area contributed by atoms with Crippen LogP contribution in [0.1, 0.15) is 75.2 Å². The number of nitrogens with zero attached hydrogens (tertiary/aromatic N) is 2. The molecule has 0 spiro atoms. The molecule has 1 aromatic heterocycles. The minimum absolute atomic E-state index is 0.320. The molecular weight excluding hydrogens is 399 g/mol. The van der Waals surface area contributed by atoms with Gasteiger partial charge in [-0.2, -0.15) is 0 Å². The minimum Gasteiger partial charge on any atom is -0.370 e. The van der Waals surface area contributed by atoms with E-state index in [2.05, 4.69) is 27.6 Å². The molecule has 2 aliphatic rings. The van der Waals surface area contributed by atoms with Crippen LogP contribution < -0.4 is 0 Å². The van der Waals surface area contributed by atoms with Crippen LogP contribution in [0, 0.1) is 3.57 Å². The van der Waals surface area contributed by atoms with Gasteiger partial charge in [-0.1, -0.05) is 43.7 Å². The molecule has 1 heterocycles. The summed E-state index contributed by atoms with van der Waals surface area (Å²) >= 11 is 8.72. The molecule has 2 fully saturated rings. The Bertz CT molecular complexity index is 511. The lowest BCUT2D eigenvalue weighted by molar-refractivity contribution is -0.0517. The molecule has 2 saturated carbocycles. The van der Waals surface area contributed by atoms with Crippen molar-refractivity contribution in [3.05, 3.63) is 20.2 Å². The molecule has 1 aromatic rings. The molecule has 3 rings (SSSR count). The third-order valence-electron chi connectivity index (χ3n) is 5.04. The van der Waals surface area contributed by atoms with Gasteiger partial charge < -0.3 is 4.74 Å². The first kappa shape index (κ1) is 15.9. The molecule has 3 nitrogen and oxygen atoms in total. The van der Waals surface area contributed by atoms with Crippen LogP contribution in [0.15, 0.2) is 0 Å². The summed E-state index contributed by atoms with van der Waals surface area (Å²) in [5, 5.41) is 0.601. The van der Waals surface area contributed by atoms with Crippen molar-refractivity contribution in [3.63, 3.8) is 0 Å². The third-order valence-corrected chi connectivity index (χ3v) is 6.69. The first-order chi connectivity index (χ1) is 10.2. The molecular formula is C16H22ClIN2O. The van der Waals surface area contributed by atoms with Crippen LogP contribution in [0.4, 0.5) is 0 Å². The minimum atomic E-state index is -0.320. The summed E-state index contributed by atoms with van der Waals surface area (Å²) in [5.41, 5.74) is 0.838. The van der Waals surface area contributed by atoms with E-state index in [1.807, 2.05) is 0 Å². The molecule has 5 heteroatoms. The van der Waals surface area contributed by atoms with Crippen molar-refractivity contribution < 1.29 is 4.74 Å². The maximum Gasteiger partial charge on any atom is 0.162 e. The Morgan fingerprint density at radius 1 is 1.10 bits per heavy atom. The maximum absolute atomic E-state index is 6.42. The fourth-order valence-electron chi connectivity index (χ4n) is 3.75. The van der Waals surface area contributed by atoms with E-state index in [1.54, 1.807) is 7.11 Å². The topological polar surface area (TPSA) is 35.0 Å². The molecule has 0 aliphatic heterocycles. The van der Waals surface area contributed by atoms with Crippen LogP contribution in [-0.2, 0) is 10.3 Å². The number of ether oxygens (including phenoxy) is 1. The summed E-state index contributed by atoms with van der Waals surface area (Å²) in [7, 11) is 1.79. The molecule has 0 N–H and O–H groups in total. The fraction of sp³-hybridized carbons (Fsp3) is 0.750. The monoisotopic (exact) mass is 420 g/mol. The number of hydrogen-bond acceptors (Lipinski definition) is 3. The van der Waals surface area contributed by atoms with E-state index in [9.17, 15) is 0 Å². The zero-order valence-electron chi connectivity index (χ0n) is 12.5. The highest BCUT2D eigenvalue weighted by molar-refractivity contribution is 14.1. The van der Waals surface area contributed by atoms with Crippen molar-refractivity contribution in [1.82, 2.24) is 9.97 Å². The summed E-state index contributed by atoms with van der Waals surface area (Å²) in [6, 6.07) is 0. The summed E-state index contributed by atoms with van der Waals surface area (Å²) in [6.45, 7) is 0. The molecule has 0 bridgehead atoms. The molecule has 116 valence electrons. The van der Waals surface area contributed by atoms with E-state index >= 15 is 0 Å². The second kappa shape index (κ2) is 6.67. The van der Waals surface area contributed by atoms with Gasteiger partial charge in [0.05, 0.1) is 9.26 Å². The summed E-state index contributed by atoms with van der Waals surface area (Å²) in [6.07, 6.45) is 10.7. The number of methoxy groups -OCH3 is 1. The van der Waals surface area contributed by atoms with Gasteiger partial charge in [0.1, 0.15) is 10.8 Å². The lowest BCUT2D eigenvalue weighted by Crippen LogP contribution is -2.34. The van der Waals surface area contributed by atoms with Crippen molar-refractivity contribution in [1.29, 1.82) is 0 Å². The molecule has 0 aromatic carbocycles. The van der Waals surface area contributed by atoms with Crippen LogP contribution >= 0.6 is 34.2 Å². The van der Waals surface area contributed by atoms with Crippen molar-refractivity contribution in [2.75, 3.05) is 7.11 Å². The Morgan fingerprint density at radius 2 is 1.76 bits per heavy atom. The van der Waals surface area contributed by atoms with Crippen molar-refractivity contribution in [2.45, 2.75) is 69.3 Å². The Morgan fingerprint density at radius 3 is 2.38 bits per heavy atom. The Balaban J connectivity index is 2.01. The van der Waals surface area contributed by atoms with Gasteiger partial charge in [-0.3, -0.25) is 0 Å². The standard InChI is InChI=1S/C16H22ClIN2O/c1-21-16(9-5-2-6-10-16)15-19-13(11-7-3-4-8-11)12(18)14(17)20-15/h11H,2-10H2,1H3. The Labute approximate surface area is 145 Å². The molecule has 0 unspecified atom stereocenters. The molecule has 0 atom stereocenters. The lowest BCUT2D eigenvalue weighted by Gasteiger charge is -2.35. The number of hydrogen-bond donors (Lipinski definition) is 0. The highest BCUT2D eigenvalue weighted by atomic mass is 127. The Kier molecular flexibility index (Phi) is 5.06. The summed E-state index contributed by atoms with van der Waals surface area (Å²) < 4.78 is 6.93. The van der Waals surface area contributed by atoms with Gasteiger partial charge in [-0.15, -0.1) is 0 Å². The number of rotatable bonds is 3. The van der Waals surface area contributed by atoms with Gasteiger partial charge in [-0.05, 0) is 48.3 Å². The van der Waals surface area contributed by atoms with Crippen LogP contribution in [-0.4, -0.2) is 17.1 Å². The SMILES string of the molecule is COC1(c2nc(Cl)c(I)c(C3CCCC3)n2)CCCCC1. The molecule has 0 saturated heterocycles. The van der Waals surface area contributed by atoms with Crippen LogP contribution in [0.3, 0.4) is 0 Å². The summed E-state index contributed by atoms with van der Waals surface area (Å²) in [5.74, 6) is 1.37. The predicted octanol–water partition coefficient (Wildman–Crippen LogP) is 5.20. The van der Waals surface area contributed by atoms with Crippen LogP contribution in [0.5, 0.6) is 0 Å². The van der Waals surface area contributed by atoms with E-state index in [0.29, 0.717) is 11.1 Å². The number of aromatic nitrogens is 2. The highest BCUT2D eigenvalue weighted by Crippen LogP contribution is 2.42. The maximum atomic E-state index is 6.42. The van der Waals surface area contributed by atoms with Crippen LogP contribution in [0.2, 0.25) is 5.15 Å². The highest BCUT2D eigenvalue weighted by Gasteiger charge is 2.38. The van der Waals surface area contributed by atoms with Crippen molar-refractivity contribution >= 4 is 34.2 Å². The Hall–Kier alpha value is 0.0600. The van der Waals surface area contributed by atoms with Gasteiger partial charge in [0.25, 0.3) is 0 Å². The zero-order chi connectivity index (χ0) is 14.9.